The van der Waals surface area contributed by atoms with Gasteiger partial charge in [-0.15, -0.1) is 0 Å². The molecule has 0 spiro atoms. The molecule has 0 atom stereocenters. The predicted molar refractivity (Wildman–Crippen MR) is 181 cm³/mol. The summed E-state index contributed by atoms with van der Waals surface area (Å²) in [5.74, 6) is -5.21. The van der Waals surface area contributed by atoms with Crippen LogP contribution in [-0.4, -0.2) is 94.2 Å². The molecule has 0 saturated heterocycles. The van der Waals surface area contributed by atoms with Gasteiger partial charge in [-0.05, 0) is 74.2 Å². The summed E-state index contributed by atoms with van der Waals surface area (Å²) in [5.41, 5.74) is 2.54. The second-order valence-corrected chi connectivity index (χ2v) is 12.2. The molecule has 0 aliphatic heterocycles. The van der Waals surface area contributed by atoms with E-state index < -0.39 is 24.3 Å². The van der Waals surface area contributed by atoms with Crippen LogP contribution in [0.2, 0.25) is 5.02 Å². The van der Waals surface area contributed by atoms with E-state index in [0.29, 0.717) is 31.1 Å². The topological polar surface area (TPSA) is 172 Å². The third-order valence-electron chi connectivity index (χ3n) is 7.90. The molecule has 6 N–H and O–H groups in total. The standard InChI is InChI=1S/C30H39ClN4O3.2C2HF3O2/c31-24-9-6-22(7-10-24)14-17-32-19-16-29(38)35(25-4-2-1-3-5-25)21-20-33-18-15-23-8-12-27(36)30-26(23)11-13-28(37)34-30;2*3-2(4,5)1(6)7/h6-13,25,32-33,36H,1-5,14-21H2,(H,34,37);2*(H,6,7). The Hall–Kier alpha value is -4.35. The lowest BCUT2D eigenvalue weighted by molar-refractivity contribution is -0.193. The number of aromatic hydroxyl groups is 1. The van der Waals surface area contributed by atoms with Gasteiger partial charge in [-0.25, -0.2) is 9.59 Å². The van der Waals surface area contributed by atoms with Crippen molar-refractivity contribution in [3.63, 3.8) is 0 Å². The summed E-state index contributed by atoms with van der Waals surface area (Å²) < 4.78 is 63.5. The molecule has 1 aliphatic carbocycles. The summed E-state index contributed by atoms with van der Waals surface area (Å²) in [6.07, 6.45) is -2.16. The monoisotopic (exact) mass is 766 g/mol. The number of halogens is 7. The highest BCUT2D eigenvalue weighted by molar-refractivity contribution is 6.30. The summed E-state index contributed by atoms with van der Waals surface area (Å²) >= 11 is 5.96. The van der Waals surface area contributed by atoms with E-state index in [4.69, 9.17) is 31.4 Å². The maximum atomic E-state index is 13.2. The van der Waals surface area contributed by atoms with Crippen LogP contribution >= 0.6 is 11.6 Å². The largest absolute Gasteiger partial charge is 0.506 e. The summed E-state index contributed by atoms with van der Waals surface area (Å²) in [6.45, 7) is 3.70. The Bertz CT molecular complexity index is 1620. The average molecular weight is 767 g/mol. The number of carbonyl (C=O) groups is 3. The van der Waals surface area contributed by atoms with Crippen molar-refractivity contribution in [3.05, 3.63) is 75.0 Å². The van der Waals surface area contributed by atoms with Gasteiger partial charge in [0.1, 0.15) is 5.75 Å². The average Bonchev–Trinajstić information content (AvgIpc) is 3.08. The lowest BCUT2D eigenvalue weighted by Crippen LogP contribution is -2.45. The minimum atomic E-state index is -5.08. The van der Waals surface area contributed by atoms with E-state index in [1.54, 1.807) is 12.1 Å². The molecule has 1 aliphatic rings. The van der Waals surface area contributed by atoms with Crippen LogP contribution in [0.4, 0.5) is 26.3 Å². The lowest BCUT2D eigenvalue weighted by Gasteiger charge is -2.34. The van der Waals surface area contributed by atoms with E-state index in [2.05, 4.69) is 20.5 Å². The molecular formula is C34H41ClF6N4O7. The highest BCUT2D eigenvalue weighted by atomic mass is 35.5. The van der Waals surface area contributed by atoms with E-state index in [1.807, 2.05) is 30.3 Å². The Morgan fingerprint density at radius 2 is 1.35 bits per heavy atom. The molecule has 18 heteroatoms. The lowest BCUT2D eigenvalue weighted by atomic mass is 9.94. The summed E-state index contributed by atoms with van der Waals surface area (Å²) in [5, 5.41) is 32.9. The number of alkyl halides is 6. The first-order chi connectivity index (χ1) is 24.4. The van der Waals surface area contributed by atoms with Crippen LogP contribution in [0.25, 0.3) is 10.9 Å². The molecule has 52 heavy (non-hydrogen) atoms. The highest BCUT2D eigenvalue weighted by Gasteiger charge is 2.39. The second-order valence-electron chi connectivity index (χ2n) is 11.7. The molecular weight excluding hydrogens is 726 g/mol. The highest BCUT2D eigenvalue weighted by Crippen LogP contribution is 2.25. The van der Waals surface area contributed by atoms with E-state index in [-0.39, 0.29) is 17.2 Å². The molecule has 1 aromatic heterocycles. The van der Waals surface area contributed by atoms with Crippen LogP contribution in [0.5, 0.6) is 5.75 Å². The summed E-state index contributed by atoms with van der Waals surface area (Å²) in [7, 11) is 0. The molecule has 0 unspecified atom stereocenters. The number of pyridine rings is 1. The number of phenolic OH excluding ortho intramolecular Hbond substituents is 1. The first kappa shape index (κ1) is 43.8. The number of amides is 1. The zero-order valence-electron chi connectivity index (χ0n) is 28.0. The molecule has 288 valence electrons. The zero-order chi connectivity index (χ0) is 38.9. The predicted octanol–water partition coefficient (Wildman–Crippen LogP) is 5.67. The number of hydrogen-bond donors (Lipinski definition) is 6. The van der Waals surface area contributed by atoms with E-state index in [0.717, 1.165) is 61.3 Å². The van der Waals surface area contributed by atoms with Gasteiger partial charge >= 0.3 is 24.3 Å². The molecule has 0 bridgehead atoms. The maximum absolute atomic E-state index is 13.2. The molecule has 11 nitrogen and oxygen atoms in total. The fraction of sp³-hybridized carbons (Fsp3) is 0.471. The Balaban J connectivity index is 0.000000564. The van der Waals surface area contributed by atoms with Crippen LogP contribution in [0.15, 0.2) is 53.3 Å². The first-order valence-corrected chi connectivity index (χ1v) is 16.7. The minimum absolute atomic E-state index is 0.0792. The van der Waals surface area contributed by atoms with E-state index in [1.165, 1.54) is 30.9 Å². The van der Waals surface area contributed by atoms with Crippen molar-refractivity contribution in [2.24, 2.45) is 0 Å². The van der Waals surface area contributed by atoms with Crippen molar-refractivity contribution in [3.8, 4) is 5.75 Å². The SMILES string of the molecule is O=C(CCNCCc1ccc(Cl)cc1)N(CCNCCc1ccc(O)c2[nH]c(=O)ccc12)C1CCCCC1.O=C(O)C(F)(F)F.O=C(O)C(F)(F)F. The number of aromatic amines is 1. The number of nitrogens with one attached hydrogen (secondary N) is 3. The normalized spacial score (nSPS) is 13.4. The van der Waals surface area contributed by atoms with Crippen LogP contribution in [0.3, 0.4) is 0 Å². The Labute approximate surface area is 300 Å². The van der Waals surface area contributed by atoms with Gasteiger partial charge in [0.05, 0.1) is 5.52 Å². The quantitative estimate of drug-likeness (QED) is 0.0948. The first-order valence-electron chi connectivity index (χ1n) is 16.3. The molecule has 2 aromatic carbocycles. The molecule has 0 radical (unpaired) electrons. The number of aliphatic carboxylic acids is 2. The van der Waals surface area contributed by atoms with Gasteiger partial charge in [-0.2, -0.15) is 26.3 Å². The van der Waals surface area contributed by atoms with Crippen LogP contribution in [-0.2, 0) is 27.2 Å². The fourth-order valence-electron chi connectivity index (χ4n) is 5.31. The number of carbonyl (C=O) groups excluding carboxylic acids is 1. The maximum Gasteiger partial charge on any atom is 0.490 e. The van der Waals surface area contributed by atoms with Crippen molar-refractivity contribution in [2.45, 2.75) is 69.8 Å². The molecule has 1 saturated carbocycles. The number of rotatable bonds is 13. The molecule has 1 heterocycles. The van der Waals surface area contributed by atoms with Gasteiger partial charge in [-0.1, -0.05) is 49.1 Å². The van der Waals surface area contributed by atoms with Gasteiger partial charge < -0.3 is 35.8 Å². The second kappa shape index (κ2) is 21.2. The molecule has 3 aromatic rings. The third kappa shape index (κ3) is 15.9. The van der Waals surface area contributed by atoms with Crippen molar-refractivity contribution in [1.82, 2.24) is 20.5 Å². The fourth-order valence-corrected chi connectivity index (χ4v) is 5.44. The number of fused-ring (bicyclic) bond motifs is 1. The van der Waals surface area contributed by atoms with E-state index in [9.17, 15) is 41.0 Å². The van der Waals surface area contributed by atoms with Crippen LogP contribution in [0, 0.1) is 0 Å². The van der Waals surface area contributed by atoms with Crippen molar-refractivity contribution < 1.29 is 56.0 Å². The number of nitrogens with zero attached hydrogens (tertiary/aromatic N) is 1. The third-order valence-corrected chi connectivity index (χ3v) is 8.16. The Morgan fingerprint density at radius 1 is 0.788 bits per heavy atom. The Kier molecular flexibility index (Phi) is 17.9. The number of phenols is 1. The minimum Gasteiger partial charge on any atom is -0.506 e. The van der Waals surface area contributed by atoms with Gasteiger partial charge in [0.2, 0.25) is 11.5 Å². The van der Waals surface area contributed by atoms with E-state index >= 15 is 0 Å². The number of carboxylic acid groups (broad SMARTS) is 2. The number of aromatic nitrogens is 1. The van der Waals surface area contributed by atoms with Crippen molar-refractivity contribution >= 4 is 40.3 Å². The van der Waals surface area contributed by atoms with Gasteiger partial charge in [0.15, 0.2) is 0 Å². The summed E-state index contributed by atoms with van der Waals surface area (Å²) in [6, 6.07) is 15.0. The van der Waals surface area contributed by atoms with Crippen LogP contribution < -0.4 is 16.2 Å². The summed E-state index contributed by atoms with van der Waals surface area (Å²) in [4.78, 5) is 47.5. The van der Waals surface area contributed by atoms with Crippen LogP contribution in [0.1, 0.15) is 49.7 Å². The molecule has 1 fully saturated rings. The van der Waals surface area contributed by atoms with Crippen molar-refractivity contribution in [2.75, 3.05) is 32.7 Å². The number of H-pyrrole nitrogens is 1. The zero-order valence-corrected chi connectivity index (χ0v) is 28.7. The number of carboxylic acids is 2. The van der Waals surface area contributed by atoms with Crippen molar-refractivity contribution in [1.29, 1.82) is 0 Å². The Morgan fingerprint density at radius 3 is 1.92 bits per heavy atom. The number of benzene rings is 2. The van der Waals surface area contributed by atoms with Gasteiger partial charge in [0, 0.05) is 48.6 Å². The van der Waals surface area contributed by atoms with Gasteiger partial charge in [-0.3, -0.25) is 9.59 Å². The number of hydrogen-bond acceptors (Lipinski definition) is 7. The molecule has 4 rings (SSSR count). The van der Waals surface area contributed by atoms with Gasteiger partial charge in [0.25, 0.3) is 0 Å². The molecule has 1 amide bonds. The smallest absolute Gasteiger partial charge is 0.490 e.